The van der Waals surface area contributed by atoms with Gasteiger partial charge in [0.15, 0.2) is 0 Å². The Labute approximate surface area is 102 Å². The summed E-state index contributed by atoms with van der Waals surface area (Å²) >= 11 is 0. The van der Waals surface area contributed by atoms with Crippen LogP contribution < -0.4 is 5.32 Å². The van der Waals surface area contributed by atoms with Gasteiger partial charge >= 0.3 is 0 Å². The molecule has 1 N–H and O–H groups in total. The van der Waals surface area contributed by atoms with Gasteiger partial charge in [-0.3, -0.25) is 0 Å². The predicted octanol–water partition coefficient (Wildman–Crippen LogP) is 2.74. The summed E-state index contributed by atoms with van der Waals surface area (Å²) in [7, 11) is 2.27. The Morgan fingerprint density at radius 3 is 2.38 bits per heavy atom. The van der Waals surface area contributed by atoms with Crippen LogP contribution in [0.5, 0.6) is 0 Å². The molecular weight excluding hydrogens is 196 g/mol. The average Bonchev–Trinajstić information content (AvgIpc) is 2.29. The SMILES string of the molecule is CC(C)C(C)N(C)CCCC1CCNCC1. The van der Waals surface area contributed by atoms with Crippen LogP contribution >= 0.6 is 0 Å². The number of piperidine rings is 1. The van der Waals surface area contributed by atoms with E-state index in [1.165, 1.54) is 45.3 Å². The fourth-order valence-corrected chi connectivity index (χ4v) is 2.51. The Kier molecular flexibility index (Phi) is 6.37. The zero-order chi connectivity index (χ0) is 12.0. The zero-order valence-corrected chi connectivity index (χ0v) is 11.6. The summed E-state index contributed by atoms with van der Waals surface area (Å²) < 4.78 is 0. The minimum atomic E-state index is 0.716. The molecule has 0 bridgehead atoms. The molecule has 1 unspecified atom stereocenters. The number of nitrogens with one attached hydrogen (secondary N) is 1. The van der Waals surface area contributed by atoms with E-state index in [-0.39, 0.29) is 0 Å². The molecular formula is C14H30N2. The Hall–Kier alpha value is -0.0800. The van der Waals surface area contributed by atoms with Crippen molar-refractivity contribution in [1.29, 1.82) is 0 Å². The van der Waals surface area contributed by atoms with Crippen molar-refractivity contribution in [2.45, 2.75) is 52.5 Å². The molecule has 96 valence electrons. The van der Waals surface area contributed by atoms with E-state index >= 15 is 0 Å². The van der Waals surface area contributed by atoms with Crippen LogP contribution in [0, 0.1) is 11.8 Å². The van der Waals surface area contributed by atoms with Crippen molar-refractivity contribution < 1.29 is 0 Å². The highest BCUT2D eigenvalue weighted by atomic mass is 15.1. The van der Waals surface area contributed by atoms with Crippen LogP contribution in [-0.4, -0.2) is 37.6 Å². The van der Waals surface area contributed by atoms with Gasteiger partial charge in [0, 0.05) is 6.04 Å². The van der Waals surface area contributed by atoms with Crippen molar-refractivity contribution in [1.82, 2.24) is 10.2 Å². The molecule has 16 heavy (non-hydrogen) atoms. The minimum absolute atomic E-state index is 0.716. The summed E-state index contributed by atoms with van der Waals surface area (Å²) in [6.45, 7) is 10.7. The lowest BCUT2D eigenvalue weighted by Gasteiger charge is -2.29. The molecule has 0 saturated carbocycles. The molecule has 1 atom stereocenters. The highest BCUT2D eigenvalue weighted by molar-refractivity contribution is 4.71. The van der Waals surface area contributed by atoms with E-state index < -0.39 is 0 Å². The number of rotatable bonds is 6. The van der Waals surface area contributed by atoms with Crippen LogP contribution in [-0.2, 0) is 0 Å². The number of hydrogen-bond donors (Lipinski definition) is 1. The molecule has 0 aromatic rings. The number of nitrogens with zero attached hydrogens (tertiary/aromatic N) is 1. The van der Waals surface area contributed by atoms with Crippen LogP contribution in [0.2, 0.25) is 0 Å². The molecule has 2 nitrogen and oxygen atoms in total. The lowest BCUT2D eigenvalue weighted by Crippen LogP contribution is -2.34. The molecule has 0 aromatic heterocycles. The molecule has 0 spiro atoms. The fourth-order valence-electron chi connectivity index (χ4n) is 2.51. The summed E-state index contributed by atoms with van der Waals surface area (Å²) in [6, 6.07) is 0.716. The largest absolute Gasteiger partial charge is 0.317 e. The van der Waals surface area contributed by atoms with Gasteiger partial charge in [0.05, 0.1) is 0 Å². The van der Waals surface area contributed by atoms with E-state index in [0.717, 1.165) is 11.8 Å². The van der Waals surface area contributed by atoms with Gasteiger partial charge in [-0.05, 0) is 71.1 Å². The summed E-state index contributed by atoms with van der Waals surface area (Å²) in [5.41, 5.74) is 0. The zero-order valence-electron chi connectivity index (χ0n) is 11.6. The van der Waals surface area contributed by atoms with Crippen molar-refractivity contribution in [3.05, 3.63) is 0 Å². The molecule has 0 amide bonds. The van der Waals surface area contributed by atoms with Gasteiger partial charge in [-0.2, -0.15) is 0 Å². The Bertz CT molecular complexity index is 174. The molecule has 1 aliphatic heterocycles. The van der Waals surface area contributed by atoms with Gasteiger partial charge in [0.1, 0.15) is 0 Å². The molecule has 1 saturated heterocycles. The van der Waals surface area contributed by atoms with Crippen LogP contribution in [0.3, 0.4) is 0 Å². The lowest BCUT2D eigenvalue weighted by atomic mass is 9.93. The summed E-state index contributed by atoms with van der Waals surface area (Å²) in [5.74, 6) is 1.76. The van der Waals surface area contributed by atoms with E-state index in [4.69, 9.17) is 0 Å². The first-order valence-corrected chi connectivity index (χ1v) is 7.02. The van der Waals surface area contributed by atoms with E-state index in [1.54, 1.807) is 0 Å². The molecule has 1 heterocycles. The molecule has 1 fully saturated rings. The third kappa shape index (κ3) is 4.84. The maximum Gasteiger partial charge on any atom is 0.00868 e. The summed E-state index contributed by atoms with van der Waals surface area (Å²) in [4.78, 5) is 2.52. The summed E-state index contributed by atoms with van der Waals surface area (Å²) in [5, 5.41) is 3.44. The second-order valence-corrected chi connectivity index (χ2v) is 5.80. The Balaban J connectivity index is 2.09. The van der Waals surface area contributed by atoms with E-state index in [2.05, 4.69) is 38.0 Å². The smallest absolute Gasteiger partial charge is 0.00868 e. The first-order valence-electron chi connectivity index (χ1n) is 7.02. The van der Waals surface area contributed by atoms with Crippen molar-refractivity contribution in [2.75, 3.05) is 26.7 Å². The second-order valence-electron chi connectivity index (χ2n) is 5.80. The molecule has 0 radical (unpaired) electrons. The van der Waals surface area contributed by atoms with Crippen molar-refractivity contribution >= 4 is 0 Å². The molecule has 2 heteroatoms. The molecule has 0 aliphatic carbocycles. The van der Waals surface area contributed by atoms with Gasteiger partial charge < -0.3 is 10.2 Å². The van der Waals surface area contributed by atoms with Gasteiger partial charge in [-0.25, -0.2) is 0 Å². The molecule has 1 rings (SSSR count). The topological polar surface area (TPSA) is 15.3 Å². The van der Waals surface area contributed by atoms with E-state index in [9.17, 15) is 0 Å². The predicted molar refractivity (Wildman–Crippen MR) is 71.8 cm³/mol. The van der Waals surface area contributed by atoms with Gasteiger partial charge in [0.25, 0.3) is 0 Å². The minimum Gasteiger partial charge on any atom is -0.317 e. The average molecular weight is 226 g/mol. The molecule has 1 aliphatic rings. The van der Waals surface area contributed by atoms with Gasteiger partial charge in [-0.1, -0.05) is 13.8 Å². The van der Waals surface area contributed by atoms with Crippen molar-refractivity contribution in [2.24, 2.45) is 11.8 Å². The maximum atomic E-state index is 3.44. The van der Waals surface area contributed by atoms with Gasteiger partial charge in [0.2, 0.25) is 0 Å². The van der Waals surface area contributed by atoms with Crippen LogP contribution in [0.25, 0.3) is 0 Å². The van der Waals surface area contributed by atoms with E-state index in [1.807, 2.05) is 0 Å². The normalized spacial score (nSPS) is 20.6. The quantitative estimate of drug-likeness (QED) is 0.749. The Morgan fingerprint density at radius 1 is 1.19 bits per heavy atom. The Morgan fingerprint density at radius 2 is 1.81 bits per heavy atom. The van der Waals surface area contributed by atoms with Crippen LogP contribution in [0.1, 0.15) is 46.5 Å². The standard InChI is InChI=1S/C14H30N2/c1-12(2)13(3)16(4)11-5-6-14-7-9-15-10-8-14/h12-15H,5-11H2,1-4H3. The first kappa shape index (κ1) is 14.0. The first-order chi connectivity index (χ1) is 7.61. The van der Waals surface area contributed by atoms with Crippen LogP contribution in [0.4, 0.5) is 0 Å². The maximum absolute atomic E-state index is 3.44. The van der Waals surface area contributed by atoms with Gasteiger partial charge in [-0.15, -0.1) is 0 Å². The van der Waals surface area contributed by atoms with Crippen molar-refractivity contribution in [3.8, 4) is 0 Å². The monoisotopic (exact) mass is 226 g/mol. The number of hydrogen-bond acceptors (Lipinski definition) is 2. The van der Waals surface area contributed by atoms with Crippen molar-refractivity contribution in [3.63, 3.8) is 0 Å². The molecule has 0 aromatic carbocycles. The van der Waals surface area contributed by atoms with E-state index in [0.29, 0.717) is 6.04 Å². The van der Waals surface area contributed by atoms with Crippen LogP contribution in [0.15, 0.2) is 0 Å². The highest BCUT2D eigenvalue weighted by Gasteiger charge is 2.15. The third-order valence-corrected chi connectivity index (χ3v) is 4.24. The lowest BCUT2D eigenvalue weighted by molar-refractivity contribution is 0.197. The summed E-state index contributed by atoms with van der Waals surface area (Å²) in [6.07, 6.45) is 5.59. The third-order valence-electron chi connectivity index (χ3n) is 4.24. The highest BCUT2D eigenvalue weighted by Crippen LogP contribution is 2.18. The second kappa shape index (κ2) is 7.29. The fraction of sp³-hybridized carbons (Fsp3) is 1.00.